The van der Waals surface area contributed by atoms with E-state index in [0.29, 0.717) is 11.5 Å². The summed E-state index contributed by atoms with van der Waals surface area (Å²) in [6.07, 6.45) is 5.17. The summed E-state index contributed by atoms with van der Waals surface area (Å²) in [4.78, 5) is 14.4. The van der Waals surface area contributed by atoms with Crippen molar-refractivity contribution in [2.24, 2.45) is 11.5 Å². The Balaban J connectivity index is 0.000000509. The lowest BCUT2D eigenvalue weighted by molar-refractivity contribution is 0.112. The Bertz CT molecular complexity index is 315. The maximum Gasteiger partial charge on any atom is 0.151 e. The van der Waals surface area contributed by atoms with Crippen molar-refractivity contribution in [3.05, 3.63) is 29.6 Å². The summed E-state index contributed by atoms with van der Waals surface area (Å²) in [5, 5.41) is 0. The highest BCUT2D eigenvalue weighted by atomic mass is 16.1. The van der Waals surface area contributed by atoms with Gasteiger partial charge in [0.25, 0.3) is 0 Å². The fraction of sp³-hybridized carbons (Fsp3) is 0.500. The highest BCUT2D eigenvalue weighted by molar-refractivity contribution is 5.74. The average molecular weight is 223 g/mol. The SMILES string of the molecule is CC.CN.NC1CC1c1cncc(C=O)c1. The number of nitrogens with zero attached hydrogens (tertiary/aromatic N) is 1. The molecule has 0 aromatic carbocycles. The molecule has 1 saturated carbocycles. The zero-order chi connectivity index (χ0) is 12.6. The lowest BCUT2D eigenvalue weighted by atomic mass is 10.1. The van der Waals surface area contributed by atoms with E-state index in [4.69, 9.17) is 5.73 Å². The first-order chi connectivity index (χ1) is 7.81. The second-order valence-electron chi connectivity index (χ2n) is 3.18. The van der Waals surface area contributed by atoms with Gasteiger partial charge in [-0.3, -0.25) is 9.78 Å². The van der Waals surface area contributed by atoms with Crippen molar-refractivity contribution in [1.29, 1.82) is 0 Å². The largest absolute Gasteiger partial charge is 0.333 e. The van der Waals surface area contributed by atoms with Gasteiger partial charge in [0.15, 0.2) is 6.29 Å². The van der Waals surface area contributed by atoms with Crippen molar-refractivity contribution < 1.29 is 4.79 Å². The number of carbonyl (C=O) groups is 1. The fourth-order valence-electron chi connectivity index (χ4n) is 1.34. The third-order valence-electron chi connectivity index (χ3n) is 2.18. The van der Waals surface area contributed by atoms with Crippen LogP contribution in [-0.4, -0.2) is 24.4 Å². The van der Waals surface area contributed by atoms with Crippen molar-refractivity contribution in [3.8, 4) is 0 Å². The number of nitrogens with two attached hydrogens (primary N) is 2. The Morgan fingerprint density at radius 2 is 1.94 bits per heavy atom. The van der Waals surface area contributed by atoms with Gasteiger partial charge in [0, 0.05) is 29.9 Å². The summed E-state index contributed by atoms with van der Waals surface area (Å²) in [6.45, 7) is 4.00. The molecule has 16 heavy (non-hydrogen) atoms. The first-order valence-corrected chi connectivity index (χ1v) is 5.54. The number of aldehydes is 1. The van der Waals surface area contributed by atoms with Crippen LogP contribution >= 0.6 is 0 Å². The third kappa shape index (κ3) is 4.08. The Labute approximate surface area is 97.1 Å². The fourth-order valence-corrected chi connectivity index (χ4v) is 1.34. The maximum atomic E-state index is 10.4. The van der Waals surface area contributed by atoms with E-state index < -0.39 is 0 Å². The summed E-state index contributed by atoms with van der Waals surface area (Å²) in [5.74, 6) is 0.428. The molecule has 90 valence electrons. The zero-order valence-corrected chi connectivity index (χ0v) is 10.2. The van der Waals surface area contributed by atoms with Gasteiger partial charge in [-0.2, -0.15) is 0 Å². The quantitative estimate of drug-likeness (QED) is 0.741. The second kappa shape index (κ2) is 7.96. The molecule has 0 radical (unpaired) electrons. The minimum atomic E-state index is 0.272. The molecular formula is C12H21N3O. The molecule has 2 unspecified atom stereocenters. The lowest BCUT2D eigenvalue weighted by Crippen LogP contribution is -2.01. The number of pyridine rings is 1. The molecule has 1 aromatic heterocycles. The van der Waals surface area contributed by atoms with Gasteiger partial charge in [0.05, 0.1) is 0 Å². The van der Waals surface area contributed by atoms with Gasteiger partial charge in [-0.05, 0) is 25.1 Å². The highest BCUT2D eigenvalue weighted by Gasteiger charge is 2.34. The molecule has 2 rings (SSSR count). The Morgan fingerprint density at radius 1 is 1.38 bits per heavy atom. The van der Waals surface area contributed by atoms with E-state index >= 15 is 0 Å². The molecule has 1 aliphatic rings. The number of rotatable bonds is 2. The standard InChI is InChI=1S/C9H10N2O.C2H6.CH5N/c10-9-2-8(9)7-1-6(5-12)3-11-4-7;2*1-2/h1,3-5,8-9H,2,10H2;1-2H3;2H2,1H3. The van der Waals surface area contributed by atoms with Crippen LogP contribution in [-0.2, 0) is 0 Å². The van der Waals surface area contributed by atoms with E-state index in [-0.39, 0.29) is 6.04 Å². The molecule has 0 amide bonds. The molecule has 1 fully saturated rings. The van der Waals surface area contributed by atoms with Crippen molar-refractivity contribution in [3.63, 3.8) is 0 Å². The van der Waals surface area contributed by atoms with Gasteiger partial charge in [-0.1, -0.05) is 13.8 Å². The van der Waals surface area contributed by atoms with Crippen LogP contribution in [0.15, 0.2) is 18.5 Å². The van der Waals surface area contributed by atoms with Gasteiger partial charge in [-0.25, -0.2) is 0 Å². The van der Waals surface area contributed by atoms with Gasteiger partial charge >= 0.3 is 0 Å². The second-order valence-corrected chi connectivity index (χ2v) is 3.18. The van der Waals surface area contributed by atoms with Crippen LogP contribution in [0, 0.1) is 0 Å². The molecule has 1 heterocycles. The summed E-state index contributed by atoms with van der Waals surface area (Å²) in [7, 11) is 1.50. The third-order valence-corrected chi connectivity index (χ3v) is 2.18. The predicted octanol–water partition coefficient (Wildman–Crippen LogP) is 1.31. The van der Waals surface area contributed by atoms with Crippen LogP contribution in [0.5, 0.6) is 0 Å². The van der Waals surface area contributed by atoms with E-state index in [9.17, 15) is 4.79 Å². The highest BCUT2D eigenvalue weighted by Crippen LogP contribution is 2.38. The van der Waals surface area contributed by atoms with Crippen LogP contribution < -0.4 is 11.5 Å². The monoisotopic (exact) mass is 223 g/mol. The smallest absolute Gasteiger partial charge is 0.151 e. The summed E-state index contributed by atoms with van der Waals surface area (Å²) in [6, 6.07) is 2.13. The molecule has 2 atom stereocenters. The van der Waals surface area contributed by atoms with Crippen LogP contribution in [0.25, 0.3) is 0 Å². The Morgan fingerprint density at radius 3 is 2.38 bits per heavy atom. The summed E-state index contributed by atoms with van der Waals surface area (Å²) >= 11 is 0. The number of carbonyl (C=O) groups excluding carboxylic acids is 1. The van der Waals surface area contributed by atoms with Crippen LogP contribution in [0.2, 0.25) is 0 Å². The molecule has 1 aliphatic carbocycles. The zero-order valence-electron chi connectivity index (χ0n) is 10.2. The van der Waals surface area contributed by atoms with Crippen molar-refractivity contribution in [2.45, 2.75) is 32.2 Å². The molecule has 4 nitrogen and oxygen atoms in total. The maximum absolute atomic E-state index is 10.4. The first kappa shape index (κ1) is 14.7. The molecule has 0 bridgehead atoms. The van der Waals surface area contributed by atoms with Crippen LogP contribution in [0.3, 0.4) is 0 Å². The van der Waals surface area contributed by atoms with Gasteiger partial charge in [-0.15, -0.1) is 0 Å². The predicted molar refractivity (Wildman–Crippen MR) is 66.4 cm³/mol. The average Bonchev–Trinajstić information content (AvgIpc) is 3.12. The molecule has 4 N–H and O–H groups in total. The molecule has 0 saturated heterocycles. The van der Waals surface area contributed by atoms with E-state index in [1.807, 2.05) is 19.9 Å². The summed E-state index contributed by atoms with van der Waals surface area (Å²) in [5.41, 5.74) is 11.9. The first-order valence-electron chi connectivity index (χ1n) is 5.54. The number of aromatic nitrogens is 1. The Hall–Kier alpha value is -1.26. The van der Waals surface area contributed by atoms with E-state index in [1.54, 1.807) is 12.4 Å². The van der Waals surface area contributed by atoms with Crippen LogP contribution in [0.4, 0.5) is 0 Å². The molecule has 0 aliphatic heterocycles. The topological polar surface area (TPSA) is 82.0 Å². The molecule has 1 aromatic rings. The molecule has 0 spiro atoms. The Kier molecular flexibility index (Phi) is 7.33. The van der Waals surface area contributed by atoms with E-state index in [1.165, 1.54) is 7.05 Å². The van der Waals surface area contributed by atoms with Gasteiger partial charge < -0.3 is 11.5 Å². The minimum Gasteiger partial charge on any atom is -0.333 e. The lowest BCUT2D eigenvalue weighted by Gasteiger charge is -1.97. The number of hydrogen-bond donors (Lipinski definition) is 2. The van der Waals surface area contributed by atoms with Crippen LogP contribution in [0.1, 0.15) is 42.1 Å². The van der Waals surface area contributed by atoms with E-state index in [0.717, 1.165) is 18.3 Å². The van der Waals surface area contributed by atoms with Gasteiger partial charge in [0.2, 0.25) is 0 Å². The van der Waals surface area contributed by atoms with Crippen molar-refractivity contribution in [1.82, 2.24) is 4.98 Å². The minimum absolute atomic E-state index is 0.272. The van der Waals surface area contributed by atoms with Gasteiger partial charge in [0.1, 0.15) is 0 Å². The molecule has 4 heteroatoms. The van der Waals surface area contributed by atoms with E-state index in [2.05, 4.69) is 10.7 Å². The molecular weight excluding hydrogens is 202 g/mol. The van der Waals surface area contributed by atoms with Crippen molar-refractivity contribution >= 4 is 6.29 Å². The summed E-state index contributed by atoms with van der Waals surface area (Å²) < 4.78 is 0. The van der Waals surface area contributed by atoms with Crippen molar-refractivity contribution in [2.75, 3.05) is 7.05 Å². The number of hydrogen-bond acceptors (Lipinski definition) is 4. The normalized spacial score (nSPS) is 20.8.